The third-order valence-electron chi connectivity index (χ3n) is 4.99. The maximum atomic E-state index is 12.4. The summed E-state index contributed by atoms with van der Waals surface area (Å²) < 4.78 is 0. The highest BCUT2D eigenvalue weighted by Crippen LogP contribution is 2.11. The average molecular weight is 427 g/mol. The Kier molecular flexibility index (Phi) is 10.3. The molecule has 2 aromatic rings. The van der Waals surface area contributed by atoms with Gasteiger partial charge in [-0.1, -0.05) is 67.4 Å². The van der Waals surface area contributed by atoms with Crippen LogP contribution in [-0.4, -0.2) is 41.2 Å². The molecule has 0 aliphatic rings. The van der Waals surface area contributed by atoms with Crippen LogP contribution in [-0.2, 0) is 16.1 Å². The molecule has 0 N–H and O–H groups in total. The molecule has 0 heterocycles. The minimum atomic E-state index is -0.281. The number of hydrogen-bond acceptors (Lipinski definition) is 3. The Morgan fingerprint density at radius 3 is 2.23 bits per heavy atom. The number of unbranched alkanes of at least 4 members (excludes halogenated alkanes) is 2. The molecule has 2 aromatic carbocycles. The summed E-state index contributed by atoms with van der Waals surface area (Å²) >= 11 is 5.87. The Morgan fingerprint density at radius 1 is 0.933 bits per heavy atom. The van der Waals surface area contributed by atoms with E-state index in [0.717, 1.165) is 44.5 Å². The minimum absolute atomic E-state index is 0.222. The molecule has 2 rings (SSSR count). The number of carbonyl (C=O) groups excluding carboxylic acids is 2. The van der Waals surface area contributed by atoms with Crippen molar-refractivity contribution in [1.82, 2.24) is 9.80 Å². The summed E-state index contributed by atoms with van der Waals surface area (Å²) in [5.41, 5.74) is 2.19. The van der Waals surface area contributed by atoms with E-state index < -0.39 is 0 Å². The Bertz CT molecular complexity index is 819. The van der Waals surface area contributed by atoms with E-state index in [-0.39, 0.29) is 11.8 Å². The first-order chi connectivity index (χ1) is 14.5. The lowest BCUT2D eigenvalue weighted by Crippen LogP contribution is -2.34. The van der Waals surface area contributed by atoms with Gasteiger partial charge in [-0.05, 0) is 55.3 Å². The molecule has 0 saturated heterocycles. The highest BCUT2D eigenvalue weighted by molar-refractivity contribution is 6.30. The number of halogens is 1. The van der Waals surface area contributed by atoms with Gasteiger partial charge in [0.2, 0.25) is 5.91 Å². The predicted octanol–water partition coefficient (Wildman–Crippen LogP) is 5.42. The van der Waals surface area contributed by atoms with Gasteiger partial charge in [-0.3, -0.25) is 19.4 Å². The van der Waals surface area contributed by atoms with Crippen LogP contribution in [0, 0.1) is 0 Å². The molecule has 0 atom stereocenters. The van der Waals surface area contributed by atoms with Crippen molar-refractivity contribution in [2.75, 3.05) is 19.6 Å². The van der Waals surface area contributed by atoms with Gasteiger partial charge >= 0.3 is 0 Å². The second kappa shape index (κ2) is 13.0. The van der Waals surface area contributed by atoms with Crippen molar-refractivity contribution in [1.29, 1.82) is 0 Å². The van der Waals surface area contributed by atoms with Crippen LogP contribution in [0.15, 0.2) is 60.7 Å². The first-order valence-corrected chi connectivity index (χ1v) is 10.9. The lowest BCUT2D eigenvalue weighted by atomic mass is 10.1. The lowest BCUT2D eigenvalue weighted by molar-refractivity contribution is -0.140. The van der Waals surface area contributed by atoms with E-state index in [1.807, 2.05) is 18.2 Å². The molecular formula is C25H31ClN2O2. The second-order valence-electron chi connectivity index (χ2n) is 7.31. The van der Waals surface area contributed by atoms with Crippen molar-refractivity contribution in [3.63, 3.8) is 0 Å². The first kappa shape index (κ1) is 23.8. The van der Waals surface area contributed by atoms with Crippen LogP contribution in [0.5, 0.6) is 0 Å². The topological polar surface area (TPSA) is 40.6 Å². The number of carbonyl (C=O) groups is 2. The Labute approximate surface area is 185 Å². The van der Waals surface area contributed by atoms with E-state index in [1.165, 1.54) is 23.5 Å². The molecule has 0 bridgehead atoms. The van der Waals surface area contributed by atoms with Gasteiger partial charge in [-0.25, -0.2) is 0 Å². The van der Waals surface area contributed by atoms with Crippen LogP contribution in [0.25, 0.3) is 6.08 Å². The molecule has 0 aliphatic heterocycles. The molecule has 0 spiro atoms. The highest BCUT2D eigenvalue weighted by atomic mass is 35.5. The maximum Gasteiger partial charge on any atom is 0.253 e. The summed E-state index contributed by atoms with van der Waals surface area (Å²) in [7, 11) is 0. The van der Waals surface area contributed by atoms with Crippen LogP contribution in [0.1, 0.15) is 44.2 Å². The zero-order chi connectivity index (χ0) is 21.8. The number of hydrogen-bond donors (Lipinski definition) is 0. The van der Waals surface area contributed by atoms with Gasteiger partial charge in [0.05, 0.1) is 0 Å². The quantitative estimate of drug-likeness (QED) is 0.355. The average Bonchev–Trinajstić information content (AvgIpc) is 2.75. The molecule has 2 amide bonds. The van der Waals surface area contributed by atoms with Gasteiger partial charge in [0.1, 0.15) is 0 Å². The maximum absolute atomic E-state index is 12.4. The van der Waals surface area contributed by atoms with Crippen LogP contribution in [0.4, 0.5) is 0 Å². The number of amides is 2. The van der Waals surface area contributed by atoms with E-state index in [2.05, 4.69) is 36.1 Å². The molecule has 160 valence electrons. The van der Waals surface area contributed by atoms with Crippen LogP contribution in [0.3, 0.4) is 0 Å². The van der Waals surface area contributed by atoms with Crippen molar-refractivity contribution in [2.45, 2.75) is 39.7 Å². The van der Waals surface area contributed by atoms with Crippen molar-refractivity contribution >= 4 is 29.5 Å². The lowest BCUT2D eigenvalue weighted by Gasteiger charge is -2.21. The zero-order valence-corrected chi connectivity index (χ0v) is 18.6. The third kappa shape index (κ3) is 8.52. The highest BCUT2D eigenvalue weighted by Gasteiger charge is 2.14. The minimum Gasteiger partial charge on any atom is -0.299 e. The summed E-state index contributed by atoms with van der Waals surface area (Å²) in [6, 6.07) is 17.7. The van der Waals surface area contributed by atoms with Gasteiger partial charge in [0.15, 0.2) is 0 Å². The molecule has 5 heteroatoms. The fraction of sp³-hybridized carbons (Fsp3) is 0.360. The van der Waals surface area contributed by atoms with Crippen molar-refractivity contribution in [2.24, 2.45) is 0 Å². The molecule has 0 aliphatic carbocycles. The predicted molar refractivity (Wildman–Crippen MR) is 124 cm³/mol. The summed E-state index contributed by atoms with van der Waals surface area (Å²) in [6.07, 6.45) is 5.98. The van der Waals surface area contributed by atoms with E-state index in [0.29, 0.717) is 11.6 Å². The van der Waals surface area contributed by atoms with E-state index in [4.69, 9.17) is 11.6 Å². The van der Waals surface area contributed by atoms with Gasteiger partial charge in [-0.15, -0.1) is 0 Å². The standard InChI is InChI=1S/C25H31ClN2O2/c1-3-27(20-23-10-6-4-7-11-23)18-8-5-9-19-28(21(2)29)25(30)17-14-22-12-15-24(26)16-13-22/h4,6-7,10-17H,3,5,8-9,18-20H2,1-2H3/b17-14+. The molecule has 30 heavy (non-hydrogen) atoms. The van der Waals surface area contributed by atoms with Gasteiger partial charge in [0.25, 0.3) is 5.91 Å². The van der Waals surface area contributed by atoms with Crippen molar-refractivity contribution in [3.8, 4) is 0 Å². The smallest absolute Gasteiger partial charge is 0.253 e. The Morgan fingerprint density at radius 2 is 1.60 bits per heavy atom. The van der Waals surface area contributed by atoms with Crippen molar-refractivity contribution < 1.29 is 9.59 Å². The number of rotatable bonds is 11. The Balaban J connectivity index is 1.75. The monoisotopic (exact) mass is 426 g/mol. The van der Waals surface area contributed by atoms with Gasteiger partial charge in [-0.2, -0.15) is 0 Å². The van der Waals surface area contributed by atoms with E-state index >= 15 is 0 Å². The number of nitrogens with zero attached hydrogens (tertiary/aromatic N) is 2. The number of imide groups is 1. The fourth-order valence-electron chi connectivity index (χ4n) is 3.23. The normalized spacial score (nSPS) is 11.2. The molecular weight excluding hydrogens is 396 g/mol. The zero-order valence-electron chi connectivity index (χ0n) is 17.9. The van der Waals surface area contributed by atoms with E-state index in [1.54, 1.807) is 18.2 Å². The second-order valence-corrected chi connectivity index (χ2v) is 7.75. The molecule has 0 radical (unpaired) electrons. The SMILES string of the molecule is CCN(CCCCCN(C(C)=O)C(=O)/C=C/c1ccc(Cl)cc1)Cc1ccccc1. The summed E-state index contributed by atoms with van der Waals surface area (Å²) in [4.78, 5) is 28.1. The largest absolute Gasteiger partial charge is 0.299 e. The summed E-state index contributed by atoms with van der Waals surface area (Å²) in [6.45, 7) is 7.02. The van der Waals surface area contributed by atoms with E-state index in [9.17, 15) is 9.59 Å². The number of benzene rings is 2. The van der Waals surface area contributed by atoms with Crippen LogP contribution >= 0.6 is 11.6 Å². The van der Waals surface area contributed by atoms with Crippen molar-refractivity contribution in [3.05, 3.63) is 76.8 Å². The summed E-state index contributed by atoms with van der Waals surface area (Å²) in [5.74, 6) is -0.503. The van der Waals surface area contributed by atoms with Crippen LogP contribution in [0.2, 0.25) is 5.02 Å². The first-order valence-electron chi connectivity index (χ1n) is 10.5. The van der Waals surface area contributed by atoms with Gasteiger partial charge in [0, 0.05) is 31.1 Å². The molecule has 0 unspecified atom stereocenters. The fourth-order valence-corrected chi connectivity index (χ4v) is 3.35. The molecule has 0 fully saturated rings. The molecule has 0 aromatic heterocycles. The third-order valence-corrected chi connectivity index (χ3v) is 5.24. The Hall–Kier alpha value is -2.43. The van der Waals surface area contributed by atoms with Gasteiger partial charge < -0.3 is 0 Å². The summed E-state index contributed by atoms with van der Waals surface area (Å²) in [5, 5.41) is 0.647. The molecule has 0 saturated carbocycles. The molecule has 4 nitrogen and oxygen atoms in total. The van der Waals surface area contributed by atoms with Crippen LogP contribution < -0.4 is 0 Å².